The van der Waals surface area contributed by atoms with Crippen LogP contribution in [0.2, 0.25) is 0 Å². The van der Waals surface area contributed by atoms with Crippen LogP contribution in [0, 0.1) is 22.2 Å². The van der Waals surface area contributed by atoms with Gasteiger partial charge in [-0.05, 0) is 18.9 Å². The van der Waals surface area contributed by atoms with Crippen LogP contribution >= 0.6 is 0 Å². The molecule has 5 heteroatoms. The normalized spacial score (nSPS) is 9.29. The van der Waals surface area contributed by atoms with Gasteiger partial charge in [0.05, 0.1) is 5.09 Å². The average molecular weight is 240 g/mol. The van der Waals surface area contributed by atoms with Crippen LogP contribution in [-0.2, 0) is 6.54 Å². The maximum atomic E-state index is 8.25. The van der Waals surface area contributed by atoms with E-state index in [1.165, 1.54) is 37.8 Å². The number of aryl methyl sites for hydroxylation is 2. The highest BCUT2D eigenvalue weighted by molar-refractivity contribution is 5.03. The Morgan fingerprint density at radius 3 is 2.18 bits per heavy atom. The summed E-state index contributed by atoms with van der Waals surface area (Å²) in [7, 11) is 0. The molecule has 5 nitrogen and oxygen atoms in total. The Morgan fingerprint density at radius 1 is 1.18 bits per heavy atom. The zero-order valence-corrected chi connectivity index (χ0v) is 10.5. The number of pyridine rings is 1. The van der Waals surface area contributed by atoms with E-state index in [9.17, 15) is 0 Å². The van der Waals surface area contributed by atoms with E-state index in [2.05, 4.69) is 42.9 Å². The lowest BCUT2D eigenvalue weighted by molar-refractivity contribution is -0.697. The van der Waals surface area contributed by atoms with Gasteiger partial charge in [-0.15, -0.1) is 0 Å². The summed E-state index contributed by atoms with van der Waals surface area (Å²) in [4.78, 5) is 8.25. The molecule has 1 rings (SSSR count). The van der Waals surface area contributed by atoms with E-state index in [0.29, 0.717) is 0 Å². The van der Waals surface area contributed by atoms with Crippen molar-refractivity contribution in [1.82, 2.24) is 0 Å². The van der Waals surface area contributed by atoms with E-state index in [-0.39, 0.29) is 0 Å². The Hall–Kier alpha value is -1.65. The molecule has 1 heterocycles. The molecular weight excluding hydrogens is 220 g/mol. The molecule has 0 fully saturated rings. The van der Waals surface area contributed by atoms with Crippen LogP contribution in [0.5, 0.6) is 0 Å². The van der Waals surface area contributed by atoms with E-state index in [4.69, 9.17) is 15.3 Å². The summed E-state index contributed by atoms with van der Waals surface area (Å²) in [5.41, 5.74) is 1.34. The summed E-state index contributed by atoms with van der Waals surface area (Å²) in [5, 5.41) is 14.8. The molecule has 0 aliphatic carbocycles. The Kier molecular flexibility index (Phi) is 8.64. The number of rotatable bonds is 5. The number of nitrogens with zero attached hydrogens (tertiary/aromatic N) is 2. The highest BCUT2D eigenvalue weighted by Crippen LogP contribution is 1.98. The number of hydrogen-bond acceptors (Lipinski definition) is 3. The van der Waals surface area contributed by atoms with Crippen molar-refractivity contribution < 1.29 is 9.65 Å². The van der Waals surface area contributed by atoms with E-state index in [1.807, 2.05) is 0 Å². The van der Waals surface area contributed by atoms with Gasteiger partial charge in [0, 0.05) is 18.6 Å². The fourth-order valence-electron chi connectivity index (χ4n) is 1.40. The first-order valence-electron chi connectivity index (χ1n) is 5.83. The van der Waals surface area contributed by atoms with Crippen LogP contribution in [0.1, 0.15) is 38.2 Å². The number of unbranched alkanes of at least 4 members (excludes halogenated alkanes) is 3. The molecule has 0 saturated carbocycles. The highest BCUT2D eigenvalue weighted by atomic mass is 16.9. The summed E-state index contributed by atoms with van der Waals surface area (Å²) < 4.78 is 2.27. The molecule has 0 radical (unpaired) electrons. The molecule has 0 bridgehead atoms. The van der Waals surface area contributed by atoms with Crippen molar-refractivity contribution in [3.63, 3.8) is 0 Å². The predicted molar refractivity (Wildman–Crippen MR) is 65.9 cm³/mol. The molecule has 96 valence electrons. The maximum Gasteiger partial charge on any atom is 0.169 e. The Labute approximate surface area is 102 Å². The third kappa shape index (κ3) is 10.6. The molecule has 0 atom stereocenters. The van der Waals surface area contributed by atoms with Crippen LogP contribution in [0.3, 0.4) is 0 Å². The molecule has 0 aromatic carbocycles. The second kappa shape index (κ2) is 9.57. The van der Waals surface area contributed by atoms with Crippen LogP contribution in [0.4, 0.5) is 0 Å². The zero-order chi connectivity index (χ0) is 13.1. The quantitative estimate of drug-likeness (QED) is 0.344. The summed E-state index contributed by atoms with van der Waals surface area (Å²) >= 11 is 0. The summed E-state index contributed by atoms with van der Waals surface area (Å²) in [6.45, 7) is 5.54. The third-order valence-electron chi connectivity index (χ3n) is 2.33. The minimum absolute atomic E-state index is 1.17. The first-order valence-corrected chi connectivity index (χ1v) is 5.83. The van der Waals surface area contributed by atoms with Crippen molar-refractivity contribution in [3.8, 4) is 0 Å². The van der Waals surface area contributed by atoms with Crippen molar-refractivity contribution in [2.45, 2.75) is 46.1 Å². The first-order chi connectivity index (χ1) is 8.06. The van der Waals surface area contributed by atoms with Gasteiger partial charge in [0.2, 0.25) is 0 Å². The molecule has 17 heavy (non-hydrogen) atoms. The van der Waals surface area contributed by atoms with Crippen molar-refractivity contribution >= 4 is 0 Å². The van der Waals surface area contributed by atoms with Gasteiger partial charge in [-0.3, -0.25) is 0 Å². The maximum absolute atomic E-state index is 8.25. The molecule has 0 N–H and O–H groups in total. The minimum Gasteiger partial charge on any atom is -0.356 e. The van der Waals surface area contributed by atoms with Crippen LogP contribution in [0.15, 0.2) is 24.5 Å². The van der Waals surface area contributed by atoms with Crippen molar-refractivity contribution in [1.29, 1.82) is 0 Å². The molecule has 1 aromatic heterocycles. The molecule has 1 aromatic rings. The van der Waals surface area contributed by atoms with Crippen LogP contribution < -0.4 is 4.57 Å². The van der Waals surface area contributed by atoms with Crippen molar-refractivity contribution in [2.24, 2.45) is 0 Å². The SMILES string of the molecule is CCCCCC[n+]1ccc(C)cc1.O=[N+]([O-])[O-]. The van der Waals surface area contributed by atoms with E-state index < -0.39 is 5.09 Å². The van der Waals surface area contributed by atoms with Crippen LogP contribution in [-0.4, -0.2) is 5.09 Å². The summed E-state index contributed by atoms with van der Waals surface area (Å²) in [6, 6.07) is 4.33. The van der Waals surface area contributed by atoms with E-state index >= 15 is 0 Å². The Morgan fingerprint density at radius 2 is 1.71 bits per heavy atom. The van der Waals surface area contributed by atoms with Gasteiger partial charge in [0.25, 0.3) is 0 Å². The van der Waals surface area contributed by atoms with Crippen molar-refractivity contribution in [2.75, 3.05) is 0 Å². The Balaban J connectivity index is 0.000000557. The molecular formula is C12H20N2O3. The summed E-state index contributed by atoms with van der Waals surface area (Å²) in [5.74, 6) is 0. The van der Waals surface area contributed by atoms with Gasteiger partial charge in [-0.1, -0.05) is 19.8 Å². The van der Waals surface area contributed by atoms with Gasteiger partial charge in [0.1, 0.15) is 6.54 Å². The molecule has 0 spiro atoms. The monoisotopic (exact) mass is 240 g/mol. The molecule has 0 amide bonds. The highest BCUT2D eigenvalue weighted by Gasteiger charge is 1.97. The third-order valence-corrected chi connectivity index (χ3v) is 2.33. The lowest BCUT2D eigenvalue weighted by Gasteiger charge is -1.97. The van der Waals surface area contributed by atoms with Gasteiger partial charge >= 0.3 is 0 Å². The molecule has 0 saturated heterocycles. The lowest BCUT2D eigenvalue weighted by Crippen LogP contribution is -2.32. The second-order valence-electron chi connectivity index (χ2n) is 3.90. The lowest BCUT2D eigenvalue weighted by atomic mass is 10.2. The molecule has 0 aliphatic heterocycles. The largest absolute Gasteiger partial charge is 0.356 e. The average Bonchev–Trinajstić information content (AvgIpc) is 2.26. The van der Waals surface area contributed by atoms with Crippen LogP contribution in [0.25, 0.3) is 0 Å². The van der Waals surface area contributed by atoms with Gasteiger partial charge in [0.15, 0.2) is 12.4 Å². The zero-order valence-electron chi connectivity index (χ0n) is 10.5. The standard InChI is InChI=1S/C12H20N.NO3/c1-3-4-5-6-9-13-10-7-12(2)8-11-13;2-1(3)4/h7-8,10-11H,3-6,9H2,1-2H3;/q+1;-1. The minimum atomic E-state index is -1.75. The molecule has 0 unspecified atom stereocenters. The Bertz CT molecular complexity index is 308. The fourth-order valence-corrected chi connectivity index (χ4v) is 1.40. The fraction of sp³-hybridized carbons (Fsp3) is 0.583. The van der Waals surface area contributed by atoms with Gasteiger partial charge in [-0.2, -0.15) is 0 Å². The van der Waals surface area contributed by atoms with Gasteiger partial charge < -0.3 is 15.3 Å². The van der Waals surface area contributed by atoms with E-state index in [0.717, 1.165) is 0 Å². The first kappa shape index (κ1) is 15.3. The topological polar surface area (TPSA) is 70.1 Å². The van der Waals surface area contributed by atoms with E-state index in [1.54, 1.807) is 0 Å². The predicted octanol–water partition coefficient (Wildman–Crippen LogP) is 2.62. The molecule has 0 aliphatic rings. The summed E-state index contributed by atoms with van der Waals surface area (Å²) in [6.07, 6.45) is 9.69. The van der Waals surface area contributed by atoms with Crippen molar-refractivity contribution in [3.05, 3.63) is 45.4 Å². The number of aromatic nitrogens is 1. The number of hydrogen-bond donors (Lipinski definition) is 0. The second-order valence-corrected chi connectivity index (χ2v) is 3.90. The van der Waals surface area contributed by atoms with Gasteiger partial charge in [-0.25, -0.2) is 4.57 Å². The smallest absolute Gasteiger partial charge is 0.169 e.